The van der Waals surface area contributed by atoms with Crippen molar-refractivity contribution < 1.29 is 23.0 Å². The predicted molar refractivity (Wildman–Crippen MR) is 79.6 cm³/mol. The number of aliphatic hydroxyl groups is 1. The van der Waals surface area contributed by atoms with E-state index in [0.29, 0.717) is 6.07 Å². The lowest BCUT2D eigenvalue weighted by molar-refractivity contribution is -0.182. The van der Waals surface area contributed by atoms with E-state index in [1.54, 1.807) is 13.8 Å². The van der Waals surface area contributed by atoms with Crippen molar-refractivity contribution in [3.8, 4) is 0 Å². The second-order valence-corrected chi connectivity index (χ2v) is 6.06. The summed E-state index contributed by atoms with van der Waals surface area (Å²) < 4.78 is 45.8. The Morgan fingerprint density at radius 1 is 1.27 bits per heavy atom. The molecule has 0 bridgehead atoms. The molecule has 0 aliphatic rings. The molecule has 0 spiro atoms. The molecule has 5 heteroatoms. The maximum atomic E-state index is 13.8. The number of ether oxygens (including phenoxy) is 1. The van der Waals surface area contributed by atoms with Crippen molar-refractivity contribution in [2.45, 2.75) is 47.5 Å². The maximum Gasteiger partial charge on any atom is 0.164 e. The Balaban J connectivity index is 2.91. The highest BCUT2D eigenvalue weighted by atomic mass is 19.2. The van der Waals surface area contributed by atoms with Crippen LogP contribution in [0.2, 0.25) is 0 Å². The van der Waals surface area contributed by atoms with Crippen molar-refractivity contribution in [3.05, 3.63) is 46.8 Å². The summed E-state index contributed by atoms with van der Waals surface area (Å²) in [7, 11) is 0. The second-order valence-electron chi connectivity index (χ2n) is 6.06. The molecule has 2 unspecified atom stereocenters. The quantitative estimate of drug-likeness (QED) is 0.476. The van der Waals surface area contributed by atoms with Crippen LogP contribution in [0.15, 0.2) is 18.2 Å². The number of hydrogen-bond donors (Lipinski definition) is 1. The SMILES string of the molecule is CC=CC(C)C(C)(C)C(O)OCc1c(C)c(F)cc(F)c1F. The van der Waals surface area contributed by atoms with Crippen LogP contribution >= 0.6 is 0 Å². The first-order valence-corrected chi connectivity index (χ1v) is 7.18. The molecule has 1 rings (SSSR count). The van der Waals surface area contributed by atoms with Crippen LogP contribution in [0.1, 0.15) is 38.8 Å². The standard InChI is InChI=1S/C17H23F3O2/c1-6-7-10(2)17(4,5)16(21)22-9-12-11(3)13(18)8-14(19)15(12)20/h6-8,10,16,21H,9H2,1-5H3. The maximum absolute atomic E-state index is 13.8. The van der Waals surface area contributed by atoms with E-state index < -0.39 is 35.8 Å². The molecule has 0 aliphatic heterocycles. The third-order valence-electron chi connectivity index (χ3n) is 4.22. The van der Waals surface area contributed by atoms with Crippen molar-refractivity contribution >= 4 is 0 Å². The molecule has 0 heterocycles. The molecule has 22 heavy (non-hydrogen) atoms. The zero-order valence-electron chi connectivity index (χ0n) is 13.6. The van der Waals surface area contributed by atoms with Gasteiger partial charge in [-0.05, 0) is 25.3 Å². The predicted octanol–water partition coefficient (Wildman–Crippen LogP) is 4.49. The number of hydrogen-bond acceptors (Lipinski definition) is 2. The fourth-order valence-corrected chi connectivity index (χ4v) is 2.05. The summed E-state index contributed by atoms with van der Waals surface area (Å²) in [4.78, 5) is 0. The van der Waals surface area contributed by atoms with Crippen LogP contribution in [0.5, 0.6) is 0 Å². The summed E-state index contributed by atoms with van der Waals surface area (Å²) in [5.41, 5.74) is -0.876. The first-order valence-electron chi connectivity index (χ1n) is 7.18. The van der Waals surface area contributed by atoms with Gasteiger partial charge in [-0.15, -0.1) is 0 Å². The first kappa shape index (κ1) is 18.7. The second kappa shape index (κ2) is 7.29. The summed E-state index contributed by atoms with van der Waals surface area (Å²) in [6.45, 7) is 8.33. The lowest BCUT2D eigenvalue weighted by Crippen LogP contribution is -2.36. The number of rotatable bonds is 6. The van der Waals surface area contributed by atoms with Crippen LogP contribution < -0.4 is 0 Å². The Morgan fingerprint density at radius 2 is 1.86 bits per heavy atom. The third-order valence-corrected chi connectivity index (χ3v) is 4.22. The van der Waals surface area contributed by atoms with E-state index in [1.807, 2.05) is 26.0 Å². The minimum absolute atomic E-state index is 0.00249. The lowest BCUT2D eigenvalue weighted by atomic mass is 9.79. The highest BCUT2D eigenvalue weighted by Crippen LogP contribution is 2.33. The van der Waals surface area contributed by atoms with Gasteiger partial charge in [0.2, 0.25) is 0 Å². The molecule has 0 fully saturated rings. The molecule has 1 N–H and O–H groups in total. The van der Waals surface area contributed by atoms with Crippen LogP contribution in [0.25, 0.3) is 0 Å². The van der Waals surface area contributed by atoms with Gasteiger partial charge < -0.3 is 9.84 Å². The molecule has 124 valence electrons. The Bertz CT molecular complexity index is 527. The molecule has 0 radical (unpaired) electrons. The van der Waals surface area contributed by atoms with Gasteiger partial charge in [-0.2, -0.15) is 0 Å². The minimum Gasteiger partial charge on any atom is -0.367 e. The lowest BCUT2D eigenvalue weighted by Gasteiger charge is -2.34. The molecule has 0 saturated carbocycles. The first-order chi connectivity index (χ1) is 10.1. The topological polar surface area (TPSA) is 29.5 Å². The van der Waals surface area contributed by atoms with Crippen molar-refractivity contribution in [1.82, 2.24) is 0 Å². The summed E-state index contributed by atoms with van der Waals surface area (Å²) in [5, 5.41) is 10.2. The fourth-order valence-electron chi connectivity index (χ4n) is 2.05. The molecule has 1 aromatic carbocycles. The average molecular weight is 316 g/mol. The summed E-state index contributed by atoms with van der Waals surface area (Å²) >= 11 is 0. The average Bonchev–Trinajstić information content (AvgIpc) is 2.45. The van der Waals surface area contributed by atoms with Crippen molar-refractivity contribution in [2.75, 3.05) is 0 Å². The van der Waals surface area contributed by atoms with E-state index in [2.05, 4.69) is 0 Å². The number of aliphatic hydroxyl groups excluding tert-OH is 1. The van der Waals surface area contributed by atoms with Gasteiger partial charge in [0, 0.05) is 17.0 Å². The van der Waals surface area contributed by atoms with Crippen molar-refractivity contribution in [2.24, 2.45) is 11.3 Å². The molecule has 0 aromatic heterocycles. The summed E-state index contributed by atoms with van der Waals surface area (Å²) in [5.74, 6) is -3.25. The minimum atomic E-state index is -1.27. The Morgan fingerprint density at radius 3 is 2.41 bits per heavy atom. The largest absolute Gasteiger partial charge is 0.367 e. The van der Waals surface area contributed by atoms with Gasteiger partial charge in [0.15, 0.2) is 17.9 Å². The molecule has 0 amide bonds. The van der Waals surface area contributed by atoms with Crippen LogP contribution in [-0.4, -0.2) is 11.4 Å². The van der Waals surface area contributed by atoms with E-state index in [0.717, 1.165) is 0 Å². The fraction of sp³-hybridized carbons (Fsp3) is 0.529. The van der Waals surface area contributed by atoms with Gasteiger partial charge in [0.25, 0.3) is 0 Å². The highest BCUT2D eigenvalue weighted by Gasteiger charge is 2.33. The smallest absolute Gasteiger partial charge is 0.164 e. The van der Waals surface area contributed by atoms with Crippen LogP contribution in [0, 0.1) is 35.7 Å². The highest BCUT2D eigenvalue weighted by molar-refractivity contribution is 5.29. The number of benzene rings is 1. The molecule has 2 nitrogen and oxygen atoms in total. The number of allylic oxidation sites excluding steroid dienone is 2. The van der Waals surface area contributed by atoms with Gasteiger partial charge in [0.1, 0.15) is 5.82 Å². The Kier molecular flexibility index (Phi) is 6.20. The van der Waals surface area contributed by atoms with Gasteiger partial charge in [-0.1, -0.05) is 32.9 Å². The number of halogens is 3. The molecule has 0 saturated heterocycles. The van der Waals surface area contributed by atoms with Crippen LogP contribution in [-0.2, 0) is 11.3 Å². The van der Waals surface area contributed by atoms with Gasteiger partial charge in [-0.3, -0.25) is 0 Å². The zero-order chi connectivity index (χ0) is 17.1. The Hall–Kier alpha value is -1.33. The van der Waals surface area contributed by atoms with E-state index in [9.17, 15) is 18.3 Å². The molecule has 2 atom stereocenters. The molecule has 0 aliphatic carbocycles. The normalized spacial score (nSPS) is 15.3. The van der Waals surface area contributed by atoms with Crippen molar-refractivity contribution in [3.63, 3.8) is 0 Å². The molecular formula is C17H23F3O2. The van der Waals surface area contributed by atoms with Gasteiger partial charge in [-0.25, -0.2) is 13.2 Å². The zero-order valence-corrected chi connectivity index (χ0v) is 13.6. The van der Waals surface area contributed by atoms with Crippen molar-refractivity contribution in [1.29, 1.82) is 0 Å². The summed E-state index contributed by atoms with van der Waals surface area (Å²) in [6, 6.07) is 0.503. The Labute approximate surface area is 129 Å². The van der Waals surface area contributed by atoms with Gasteiger partial charge >= 0.3 is 0 Å². The van der Waals surface area contributed by atoms with Gasteiger partial charge in [0.05, 0.1) is 6.61 Å². The van der Waals surface area contributed by atoms with E-state index in [4.69, 9.17) is 4.74 Å². The van der Waals surface area contributed by atoms with Crippen LogP contribution in [0.3, 0.4) is 0 Å². The van der Waals surface area contributed by atoms with Crippen LogP contribution in [0.4, 0.5) is 13.2 Å². The monoisotopic (exact) mass is 316 g/mol. The third kappa shape index (κ3) is 3.90. The van der Waals surface area contributed by atoms with E-state index in [1.165, 1.54) is 6.92 Å². The van der Waals surface area contributed by atoms with E-state index in [-0.39, 0.29) is 17.0 Å². The molecular weight excluding hydrogens is 293 g/mol. The molecule has 1 aromatic rings. The van der Waals surface area contributed by atoms with E-state index >= 15 is 0 Å². The summed E-state index contributed by atoms with van der Waals surface area (Å²) in [6.07, 6.45) is 2.58.